The summed E-state index contributed by atoms with van der Waals surface area (Å²) < 4.78 is 5.22. The lowest BCUT2D eigenvalue weighted by Gasteiger charge is -2.26. The van der Waals surface area contributed by atoms with Crippen LogP contribution in [0.3, 0.4) is 0 Å². The first-order valence-electron chi connectivity index (χ1n) is 6.45. The molecule has 0 spiro atoms. The summed E-state index contributed by atoms with van der Waals surface area (Å²) in [4.78, 5) is 12.7. The zero-order valence-corrected chi connectivity index (χ0v) is 12.2. The van der Waals surface area contributed by atoms with Gasteiger partial charge in [-0.3, -0.25) is 4.79 Å². The van der Waals surface area contributed by atoms with E-state index in [0.29, 0.717) is 6.54 Å². The third-order valence-corrected chi connectivity index (χ3v) is 3.12. The lowest BCUT2D eigenvalue weighted by Crippen LogP contribution is -2.42. The maximum absolute atomic E-state index is 10.7. The van der Waals surface area contributed by atoms with Crippen LogP contribution < -0.4 is 15.8 Å². The van der Waals surface area contributed by atoms with E-state index >= 15 is 0 Å². The Morgan fingerprint density at radius 3 is 2.70 bits per heavy atom. The minimum Gasteiger partial charge on any atom is -0.497 e. The molecule has 4 N–H and O–H groups in total. The largest absolute Gasteiger partial charge is 0.497 e. The van der Waals surface area contributed by atoms with Crippen LogP contribution in [0.5, 0.6) is 5.75 Å². The molecule has 0 aliphatic rings. The molecule has 2 unspecified atom stereocenters. The number of rotatable bonds is 8. The van der Waals surface area contributed by atoms with Crippen molar-refractivity contribution in [3.05, 3.63) is 29.8 Å². The number of nitrogens with zero attached hydrogens (tertiary/aromatic N) is 1. The number of methoxy groups -OCH3 is 1. The van der Waals surface area contributed by atoms with Crippen molar-refractivity contribution in [2.24, 2.45) is 5.73 Å². The predicted molar refractivity (Wildman–Crippen MR) is 77.9 cm³/mol. The first-order valence-corrected chi connectivity index (χ1v) is 6.45. The number of carboxylic acid groups (broad SMARTS) is 1. The second kappa shape index (κ2) is 7.84. The van der Waals surface area contributed by atoms with Gasteiger partial charge in [0, 0.05) is 19.1 Å². The molecule has 0 heterocycles. The van der Waals surface area contributed by atoms with Crippen LogP contribution in [-0.4, -0.2) is 56.3 Å². The van der Waals surface area contributed by atoms with Gasteiger partial charge in [0.05, 0.1) is 7.11 Å². The van der Waals surface area contributed by atoms with Gasteiger partial charge in [-0.1, -0.05) is 12.1 Å². The second-order valence-electron chi connectivity index (χ2n) is 4.86. The van der Waals surface area contributed by atoms with Crippen LogP contribution >= 0.6 is 0 Å². The summed E-state index contributed by atoms with van der Waals surface area (Å²) in [5, 5.41) is 11.8. The maximum atomic E-state index is 10.7. The molecule has 1 rings (SSSR count). The van der Waals surface area contributed by atoms with Crippen molar-refractivity contribution in [1.29, 1.82) is 0 Å². The van der Waals surface area contributed by atoms with Gasteiger partial charge < -0.3 is 25.8 Å². The van der Waals surface area contributed by atoms with E-state index in [2.05, 4.69) is 10.2 Å². The van der Waals surface area contributed by atoms with Crippen molar-refractivity contribution in [3.8, 4) is 5.75 Å². The van der Waals surface area contributed by atoms with Crippen molar-refractivity contribution < 1.29 is 14.6 Å². The fraction of sp³-hybridized carbons (Fsp3) is 0.500. The Morgan fingerprint density at radius 1 is 1.45 bits per heavy atom. The molecule has 0 bridgehead atoms. The molecule has 0 saturated heterocycles. The van der Waals surface area contributed by atoms with Crippen molar-refractivity contribution >= 4 is 5.97 Å². The third kappa shape index (κ3) is 4.80. The molecule has 0 amide bonds. The van der Waals surface area contributed by atoms with Crippen LogP contribution in [0.15, 0.2) is 24.3 Å². The number of benzene rings is 1. The summed E-state index contributed by atoms with van der Waals surface area (Å²) in [6.07, 6.45) is 0. The Balaban J connectivity index is 2.67. The standard InChI is InChI=1S/C14H23N3O3/c1-17(2)13(9-16-8-12(15)14(18)19)10-5-4-6-11(7-10)20-3/h4-7,12-13,16H,8-9,15H2,1-3H3,(H,18,19). The molecule has 2 atom stereocenters. The molecule has 1 aromatic carbocycles. The highest BCUT2D eigenvalue weighted by atomic mass is 16.5. The Kier molecular flexibility index (Phi) is 6.44. The number of ether oxygens (including phenoxy) is 1. The van der Waals surface area contributed by atoms with E-state index in [1.807, 2.05) is 38.4 Å². The highest BCUT2D eigenvalue weighted by molar-refractivity contribution is 5.73. The molecule has 6 heteroatoms. The fourth-order valence-corrected chi connectivity index (χ4v) is 1.91. The fourth-order valence-electron chi connectivity index (χ4n) is 1.91. The van der Waals surface area contributed by atoms with E-state index in [0.717, 1.165) is 11.3 Å². The minimum atomic E-state index is -1.000. The van der Waals surface area contributed by atoms with Gasteiger partial charge in [0.2, 0.25) is 0 Å². The van der Waals surface area contributed by atoms with E-state index in [1.54, 1.807) is 7.11 Å². The SMILES string of the molecule is COc1cccc(C(CNCC(N)C(=O)O)N(C)C)c1. The molecule has 0 aliphatic carbocycles. The average molecular weight is 281 g/mol. The molecule has 0 radical (unpaired) electrons. The molecular weight excluding hydrogens is 258 g/mol. The first kappa shape index (κ1) is 16.4. The summed E-state index contributed by atoms with van der Waals surface area (Å²) in [6, 6.07) is 7.06. The molecular formula is C14H23N3O3. The molecule has 0 fully saturated rings. The summed E-state index contributed by atoms with van der Waals surface area (Å²) in [5.74, 6) is -0.197. The minimum absolute atomic E-state index is 0.117. The number of carbonyl (C=O) groups is 1. The topological polar surface area (TPSA) is 87.8 Å². The van der Waals surface area contributed by atoms with Gasteiger partial charge in [0.1, 0.15) is 11.8 Å². The maximum Gasteiger partial charge on any atom is 0.321 e. The van der Waals surface area contributed by atoms with E-state index in [-0.39, 0.29) is 12.6 Å². The monoisotopic (exact) mass is 281 g/mol. The average Bonchev–Trinajstić information content (AvgIpc) is 2.42. The number of hydrogen-bond donors (Lipinski definition) is 3. The van der Waals surface area contributed by atoms with E-state index in [9.17, 15) is 4.79 Å². The number of nitrogens with two attached hydrogens (primary N) is 1. The number of likely N-dealkylation sites (N-methyl/N-ethyl adjacent to an activating group) is 1. The first-order chi connectivity index (χ1) is 9.45. The smallest absolute Gasteiger partial charge is 0.321 e. The zero-order valence-electron chi connectivity index (χ0n) is 12.2. The van der Waals surface area contributed by atoms with Gasteiger partial charge in [-0.15, -0.1) is 0 Å². The van der Waals surface area contributed by atoms with Crippen LogP contribution in [0.4, 0.5) is 0 Å². The Morgan fingerprint density at radius 2 is 2.15 bits per heavy atom. The molecule has 0 aliphatic heterocycles. The summed E-state index contributed by atoms with van der Waals surface area (Å²) in [5.41, 5.74) is 6.57. The quantitative estimate of drug-likeness (QED) is 0.635. The lowest BCUT2D eigenvalue weighted by molar-refractivity contribution is -0.138. The Labute approximate surface area is 119 Å². The second-order valence-corrected chi connectivity index (χ2v) is 4.86. The summed E-state index contributed by atoms with van der Waals surface area (Å²) >= 11 is 0. The van der Waals surface area contributed by atoms with Crippen molar-refractivity contribution in [3.63, 3.8) is 0 Å². The van der Waals surface area contributed by atoms with Crippen LogP contribution in [0.1, 0.15) is 11.6 Å². The lowest BCUT2D eigenvalue weighted by atomic mass is 10.1. The van der Waals surface area contributed by atoms with Crippen LogP contribution in [0.2, 0.25) is 0 Å². The van der Waals surface area contributed by atoms with Crippen molar-refractivity contribution in [2.75, 3.05) is 34.3 Å². The molecule has 0 aromatic heterocycles. The van der Waals surface area contributed by atoms with Crippen LogP contribution in [0, 0.1) is 0 Å². The normalized spacial score (nSPS) is 14.1. The van der Waals surface area contributed by atoms with Crippen molar-refractivity contribution in [1.82, 2.24) is 10.2 Å². The zero-order chi connectivity index (χ0) is 15.1. The van der Waals surface area contributed by atoms with Gasteiger partial charge in [-0.2, -0.15) is 0 Å². The third-order valence-electron chi connectivity index (χ3n) is 3.12. The van der Waals surface area contributed by atoms with Crippen LogP contribution in [0.25, 0.3) is 0 Å². The summed E-state index contributed by atoms with van der Waals surface area (Å²) in [7, 11) is 5.58. The van der Waals surface area contributed by atoms with Gasteiger partial charge in [-0.25, -0.2) is 0 Å². The molecule has 20 heavy (non-hydrogen) atoms. The van der Waals surface area contributed by atoms with Gasteiger partial charge >= 0.3 is 5.97 Å². The van der Waals surface area contributed by atoms with E-state index < -0.39 is 12.0 Å². The Bertz CT molecular complexity index is 437. The molecule has 1 aromatic rings. The number of aliphatic carboxylic acids is 1. The number of hydrogen-bond acceptors (Lipinski definition) is 5. The molecule has 0 saturated carbocycles. The highest BCUT2D eigenvalue weighted by Crippen LogP contribution is 2.21. The molecule has 6 nitrogen and oxygen atoms in total. The van der Waals surface area contributed by atoms with E-state index in [4.69, 9.17) is 15.6 Å². The number of nitrogens with one attached hydrogen (secondary N) is 1. The van der Waals surface area contributed by atoms with Gasteiger partial charge in [-0.05, 0) is 31.8 Å². The predicted octanol–water partition coefficient (Wildman–Crippen LogP) is 0.299. The van der Waals surface area contributed by atoms with Crippen LogP contribution in [-0.2, 0) is 4.79 Å². The number of carboxylic acids is 1. The molecule has 112 valence electrons. The highest BCUT2D eigenvalue weighted by Gasteiger charge is 2.16. The van der Waals surface area contributed by atoms with Crippen molar-refractivity contribution in [2.45, 2.75) is 12.1 Å². The Hall–Kier alpha value is -1.63. The van der Waals surface area contributed by atoms with Gasteiger partial charge in [0.15, 0.2) is 0 Å². The van der Waals surface area contributed by atoms with Gasteiger partial charge in [0.25, 0.3) is 0 Å². The summed E-state index contributed by atoms with van der Waals surface area (Å²) in [6.45, 7) is 0.852. The van der Waals surface area contributed by atoms with E-state index in [1.165, 1.54) is 0 Å².